The van der Waals surface area contributed by atoms with Crippen LogP contribution in [0.3, 0.4) is 0 Å². The van der Waals surface area contributed by atoms with Gasteiger partial charge in [0.15, 0.2) is 17.3 Å². The molecule has 2 aromatic rings. The topological polar surface area (TPSA) is 35.2 Å². The number of nitrogen functional groups attached to an aromatic ring is 1. The lowest BCUT2D eigenvalue weighted by molar-refractivity contribution is 0.414. The summed E-state index contributed by atoms with van der Waals surface area (Å²) in [6, 6.07) is 5.59. The van der Waals surface area contributed by atoms with Crippen molar-refractivity contribution in [3.05, 3.63) is 52.3 Å². The lowest BCUT2D eigenvalue weighted by Crippen LogP contribution is -1.96. The molecule has 0 saturated heterocycles. The van der Waals surface area contributed by atoms with Crippen LogP contribution in [-0.4, -0.2) is 0 Å². The molecular weight excluding hydrogens is 311 g/mol. The summed E-state index contributed by atoms with van der Waals surface area (Å²) in [6.45, 7) is 0. The maximum atomic E-state index is 13.4. The van der Waals surface area contributed by atoms with Crippen LogP contribution < -0.4 is 10.5 Å². The minimum atomic E-state index is -1.16. The van der Waals surface area contributed by atoms with E-state index in [0.29, 0.717) is 4.47 Å². The molecule has 0 amide bonds. The van der Waals surface area contributed by atoms with Gasteiger partial charge in [0.1, 0.15) is 5.82 Å². The second kappa shape index (κ2) is 4.89. The number of ether oxygens (including phenoxy) is 1. The number of hydrogen-bond acceptors (Lipinski definition) is 2. The number of nitrogens with two attached hydrogens (primary N) is 1. The van der Waals surface area contributed by atoms with Crippen molar-refractivity contribution < 1.29 is 17.9 Å². The molecule has 0 bridgehead atoms. The van der Waals surface area contributed by atoms with Crippen molar-refractivity contribution >= 4 is 21.6 Å². The number of benzene rings is 2. The first-order valence-corrected chi connectivity index (χ1v) is 5.64. The lowest BCUT2D eigenvalue weighted by Gasteiger charge is -2.10. The normalized spacial score (nSPS) is 10.4. The van der Waals surface area contributed by atoms with E-state index in [-0.39, 0.29) is 17.2 Å². The largest absolute Gasteiger partial charge is 0.452 e. The standard InChI is InChI=1S/C12H7BrF3NO/c13-6-3-8(15)12(16)11(4-6)18-10-5-7(14)1-2-9(10)17/h1-5H,17H2. The molecule has 0 fully saturated rings. The van der Waals surface area contributed by atoms with E-state index in [2.05, 4.69) is 15.9 Å². The molecular formula is C12H7BrF3NO. The number of halogens is 4. The summed E-state index contributed by atoms with van der Waals surface area (Å²) in [7, 11) is 0. The monoisotopic (exact) mass is 317 g/mol. The van der Waals surface area contributed by atoms with Gasteiger partial charge in [-0.2, -0.15) is 4.39 Å². The summed E-state index contributed by atoms with van der Waals surface area (Å²) < 4.78 is 44.9. The first-order chi connectivity index (χ1) is 8.47. The maximum absolute atomic E-state index is 13.4. The Hall–Kier alpha value is -1.69. The molecule has 2 aromatic carbocycles. The van der Waals surface area contributed by atoms with Crippen molar-refractivity contribution in [1.82, 2.24) is 0 Å². The van der Waals surface area contributed by atoms with E-state index in [1.807, 2.05) is 0 Å². The SMILES string of the molecule is Nc1ccc(F)cc1Oc1cc(Br)cc(F)c1F. The summed E-state index contributed by atoms with van der Waals surface area (Å²) in [5.41, 5.74) is 5.67. The van der Waals surface area contributed by atoms with Gasteiger partial charge in [-0.1, -0.05) is 15.9 Å². The number of hydrogen-bond donors (Lipinski definition) is 1. The highest BCUT2D eigenvalue weighted by Crippen LogP contribution is 2.32. The number of anilines is 1. The second-order valence-electron chi connectivity index (χ2n) is 3.48. The molecule has 0 radical (unpaired) electrons. The summed E-state index contributed by atoms with van der Waals surface area (Å²) in [6.07, 6.45) is 0. The second-order valence-corrected chi connectivity index (χ2v) is 4.40. The fraction of sp³-hybridized carbons (Fsp3) is 0. The van der Waals surface area contributed by atoms with Crippen LogP contribution in [0.4, 0.5) is 18.9 Å². The molecule has 0 unspecified atom stereocenters. The van der Waals surface area contributed by atoms with E-state index in [4.69, 9.17) is 10.5 Å². The predicted molar refractivity (Wildman–Crippen MR) is 64.9 cm³/mol. The minimum absolute atomic E-state index is 0.0774. The van der Waals surface area contributed by atoms with Crippen molar-refractivity contribution in [3.8, 4) is 11.5 Å². The molecule has 2 rings (SSSR count). The Bertz CT molecular complexity index is 604. The lowest BCUT2D eigenvalue weighted by atomic mass is 10.3. The van der Waals surface area contributed by atoms with Crippen LogP contribution in [-0.2, 0) is 0 Å². The average Bonchev–Trinajstić information content (AvgIpc) is 2.30. The maximum Gasteiger partial charge on any atom is 0.201 e. The van der Waals surface area contributed by atoms with E-state index in [1.165, 1.54) is 12.1 Å². The molecule has 0 aliphatic carbocycles. The molecule has 94 valence electrons. The van der Waals surface area contributed by atoms with Gasteiger partial charge in [-0.25, -0.2) is 8.78 Å². The zero-order chi connectivity index (χ0) is 13.3. The fourth-order valence-corrected chi connectivity index (χ4v) is 1.73. The highest BCUT2D eigenvalue weighted by Gasteiger charge is 2.13. The quantitative estimate of drug-likeness (QED) is 0.664. The van der Waals surface area contributed by atoms with Gasteiger partial charge in [0.05, 0.1) is 5.69 Å². The van der Waals surface area contributed by atoms with Gasteiger partial charge >= 0.3 is 0 Å². The Kier molecular flexibility index (Phi) is 3.47. The van der Waals surface area contributed by atoms with E-state index in [1.54, 1.807) is 0 Å². The molecule has 0 heterocycles. The highest BCUT2D eigenvalue weighted by molar-refractivity contribution is 9.10. The Morgan fingerprint density at radius 1 is 1.00 bits per heavy atom. The third-order valence-electron chi connectivity index (χ3n) is 2.16. The fourth-order valence-electron chi connectivity index (χ4n) is 1.32. The molecule has 2 nitrogen and oxygen atoms in total. The van der Waals surface area contributed by atoms with E-state index in [0.717, 1.165) is 18.2 Å². The van der Waals surface area contributed by atoms with Crippen molar-refractivity contribution in [2.45, 2.75) is 0 Å². The molecule has 18 heavy (non-hydrogen) atoms. The van der Waals surface area contributed by atoms with Gasteiger partial charge < -0.3 is 10.5 Å². The number of rotatable bonds is 2. The molecule has 6 heteroatoms. The molecule has 0 aliphatic heterocycles. The minimum Gasteiger partial charge on any atom is -0.452 e. The van der Waals surface area contributed by atoms with Gasteiger partial charge in [0, 0.05) is 10.5 Å². The first kappa shape index (κ1) is 12.8. The van der Waals surface area contributed by atoms with Crippen LogP contribution in [0.2, 0.25) is 0 Å². The molecule has 0 spiro atoms. The van der Waals surface area contributed by atoms with Crippen LogP contribution in [0, 0.1) is 17.5 Å². The van der Waals surface area contributed by atoms with Crippen LogP contribution in [0.25, 0.3) is 0 Å². The van der Waals surface area contributed by atoms with Crippen LogP contribution in [0.15, 0.2) is 34.8 Å². The third-order valence-corrected chi connectivity index (χ3v) is 2.61. The van der Waals surface area contributed by atoms with E-state index >= 15 is 0 Å². The summed E-state index contributed by atoms with van der Waals surface area (Å²) in [4.78, 5) is 0. The van der Waals surface area contributed by atoms with Gasteiger partial charge in [-0.15, -0.1) is 0 Å². The molecule has 0 saturated carbocycles. The Morgan fingerprint density at radius 2 is 1.72 bits per heavy atom. The third kappa shape index (κ3) is 2.59. The predicted octanol–water partition coefficient (Wildman–Crippen LogP) is 4.24. The average molecular weight is 318 g/mol. The van der Waals surface area contributed by atoms with Crippen LogP contribution in [0.1, 0.15) is 0 Å². The smallest absolute Gasteiger partial charge is 0.201 e. The summed E-state index contributed by atoms with van der Waals surface area (Å²) >= 11 is 3.00. The molecule has 0 aliphatic rings. The van der Waals surface area contributed by atoms with Gasteiger partial charge in [0.25, 0.3) is 0 Å². The van der Waals surface area contributed by atoms with Crippen molar-refractivity contribution in [3.63, 3.8) is 0 Å². The van der Waals surface area contributed by atoms with Crippen molar-refractivity contribution in [2.75, 3.05) is 5.73 Å². The summed E-state index contributed by atoms with van der Waals surface area (Å²) in [5, 5.41) is 0. The molecule has 0 atom stereocenters. The molecule has 2 N–H and O–H groups in total. The van der Waals surface area contributed by atoms with Crippen molar-refractivity contribution in [1.29, 1.82) is 0 Å². The zero-order valence-electron chi connectivity index (χ0n) is 8.88. The Labute approximate surface area is 109 Å². The van der Waals surface area contributed by atoms with Crippen LogP contribution in [0.5, 0.6) is 11.5 Å². The van der Waals surface area contributed by atoms with E-state index < -0.39 is 17.5 Å². The van der Waals surface area contributed by atoms with Gasteiger partial charge in [-0.05, 0) is 24.3 Å². The molecule has 0 aromatic heterocycles. The van der Waals surface area contributed by atoms with E-state index in [9.17, 15) is 13.2 Å². The van der Waals surface area contributed by atoms with Gasteiger partial charge in [-0.3, -0.25) is 0 Å². The Morgan fingerprint density at radius 3 is 2.44 bits per heavy atom. The first-order valence-electron chi connectivity index (χ1n) is 4.85. The summed E-state index contributed by atoms with van der Waals surface area (Å²) in [5.74, 6) is -3.28. The van der Waals surface area contributed by atoms with Gasteiger partial charge in [0.2, 0.25) is 5.82 Å². The van der Waals surface area contributed by atoms with Crippen LogP contribution >= 0.6 is 15.9 Å². The Balaban J connectivity index is 2.43. The van der Waals surface area contributed by atoms with Crippen molar-refractivity contribution in [2.24, 2.45) is 0 Å². The zero-order valence-corrected chi connectivity index (χ0v) is 10.5. The highest BCUT2D eigenvalue weighted by atomic mass is 79.9.